The van der Waals surface area contributed by atoms with Gasteiger partial charge in [0, 0.05) is 52.7 Å². The lowest BCUT2D eigenvalue weighted by Crippen LogP contribution is -2.25. The predicted octanol–water partition coefficient (Wildman–Crippen LogP) is 8.54. The molecule has 7 nitrogen and oxygen atoms in total. The summed E-state index contributed by atoms with van der Waals surface area (Å²) in [6, 6.07) is 38.6. The summed E-state index contributed by atoms with van der Waals surface area (Å²) < 4.78 is 25.0. The maximum atomic E-state index is 13.0. The van der Waals surface area contributed by atoms with Gasteiger partial charge in [-0.25, -0.2) is 0 Å². The number of carbonyl (C=O) groups excluding carboxylic acids is 1. The van der Waals surface area contributed by atoms with Crippen LogP contribution in [0.3, 0.4) is 0 Å². The first-order valence-electron chi connectivity index (χ1n) is 16.0. The topological polar surface area (TPSA) is 69.3 Å². The number of rotatable bonds is 17. The molecule has 0 radical (unpaired) electrons. The summed E-state index contributed by atoms with van der Waals surface area (Å²) in [5, 5.41) is 0. The second-order valence-corrected chi connectivity index (χ2v) is 13.3. The van der Waals surface area contributed by atoms with Crippen molar-refractivity contribution in [3.63, 3.8) is 0 Å². The number of benzene rings is 5. The van der Waals surface area contributed by atoms with Gasteiger partial charge in [0.05, 0.1) is 28.4 Å². The normalized spacial score (nSPS) is 10.9. The van der Waals surface area contributed by atoms with E-state index < -0.39 is 0 Å². The Morgan fingerprint density at radius 2 is 1.37 bits per heavy atom. The molecule has 1 N–H and O–H groups in total. The van der Waals surface area contributed by atoms with Crippen LogP contribution in [0.25, 0.3) is 0 Å². The maximum absolute atomic E-state index is 13.0. The molecule has 9 heteroatoms. The smallest absolute Gasteiger partial charge is 0.261 e. The van der Waals surface area contributed by atoms with E-state index in [1.165, 1.54) is 28.0 Å². The number of hydrogen-bond acceptors (Lipinski definition) is 8. The molecule has 5 aromatic carbocycles. The largest absolute Gasteiger partial charge is 0.497 e. The molecule has 0 heterocycles. The van der Waals surface area contributed by atoms with E-state index in [1.54, 1.807) is 28.4 Å². The lowest BCUT2D eigenvalue weighted by molar-refractivity contribution is 0.0984. The summed E-state index contributed by atoms with van der Waals surface area (Å²) in [4.78, 5) is 17.7. The molecule has 0 fully saturated rings. The van der Waals surface area contributed by atoms with Crippen LogP contribution in [0.2, 0.25) is 0 Å². The summed E-state index contributed by atoms with van der Waals surface area (Å²) in [7, 11) is 6.51. The van der Waals surface area contributed by atoms with Gasteiger partial charge in [0.25, 0.3) is 5.91 Å². The van der Waals surface area contributed by atoms with Crippen LogP contribution in [-0.2, 0) is 19.5 Å². The molecule has 0 aromatic heterocycles. The summed E-state index contributed by atoms with van der Waals surface area (Å²) in [5.74, 6) is 3.52. The quantitative estimate of drug-likeness (QED) is 0.0768. The van der Waals surface area contributed by atoms with Crippen LogP contribution >= 0.6 is 23.7 Å². The van der Waals surface area contributed by atoms with Crippen LogP contribution in [-0.4, -0.2) is 51.5 Å². The average molecular weight is 695 g/mol. The Bertz CT molecular complexity index is 1780. The zero-order chi connectivity index (χ0) is 34.4. The second kappa shape index (κ2) is 18.3. The number of thioether (sulfide) groups is 1. The Hall–Kier alpha value is -4.57. The minimum atomic E-state index is -0.148. The molecule has 0 saturated heterocycles. The van der Waals surface area contributed by atoms with E-state index in [9.17, 15) is 4.79 Å². The second-order valence-electron chi connectivity index (χ2n) is 11.3. The SMILES string of the molecule is COc1cccc(CN(CCSc2ccccc2)Cc2ccc(SNC(=O)c3ccc(Cc4ccc(OC)c(OC)c4OC)cc3)cc2)c1. The van der Waals surface area contributed by atoms with Crippen LogP contribution < -0.4 is 23.7 Å². The van der Waals surface area contributed by atoms with Crippen molar-refractivity contribution in [2.24, 2.45) is 0 Å². The van der Waals surface area contributed by atoms with Gasteiger partial charge in [-0.3, -0.25) is 14.4 Å². The molecular formula is C40H42N2O5S2. The van der Waals surface area contributed by atoms with Crippen molar-refractivity contribution < 1.29 is 23.7 Å². The minimum absolute atomic E-state index is 0.148. The van der Waals surface area contributed by atoms with Crippen LogP contribution in [0.15, 0.2) is 125 Å². The molecule has 5 rings (SSSR count). The number of hydrogen-bond donors (Lipinski definition) is 1. The zero-order valence-electron chi connectivity index (χ0n) is 28.3. The van der Waals surface area contributed by atoms with Crippen LogP contribution in [0.1, 0.15) is 32.6 Å². The highest BCUT2D eigenvalue weighted by molar-refractivity contribution is 7.99. The van der Waals surface area contributed by atoms with Gasteiger partial charge in [-0.2, -0.15) is 0 Å². The van der Waals surface area contributed by atoms with Crippen LogP contribution in [0, 0.1) is 0 Å². The molecule has 0 aliphatic heterocycles. The van der Waals surface area contributed by atoms with Crippen molar-refractivity contribution in [1.82, 2.24) is 9.62 Å². The van der Waals surface area contributed by atoms with Crippen molar-refractivity contribution in [1.29, 1.82) is 0 Å². The summed E-state index contributed by atoms with van der Waals surface area (Å²) >= 11 is 3.18. The number of nitrogens with one attached hydrogen (secondary N) is 1. The Balaban J connectivity index is 1.16. The highest BCUT2D eigenvalue weighted by Crippen LogP contribution is 2.40. The third-order valence-electron chi connectivity index (χ3n) is 7.95. The van der Waals surface area contributed by atoms with Gasteiger partial charge < -0.3 is 18.9 Å². The average Bonchev–Trinajstić information content (AvgIpc) is 3.14. The third kappa shape index (κ3) is 10.2. The van der Waals surface area contributed by atoms with Crippen molar-refractivity contribution in [2.75, 3.05) is 40.7 Å². The van der Waals surface area contributed by atoms with E-state index in [2.05, 4.69) is 70.3 Å². The van der Waals surface area contributed by atoms with Gasteiger partial charge >= 0.3 is 0 Å². The van der Waals surface area contributed by atoms with Gasteiger partial charge in [-0.1, -0.05) is 60.7 Å². The molecule has 49 heavy (non-hydrogen) atoms. The number of methoxy groups -OCH3 is 4. The summed E-state index contributed by atoms with van der Waals surface area (Å²) in [6.45, 7) is 2.56. The van der Waals surface area contributed by atoms with Gasteiger partial charge in [0.2, 0.25) is 5.75 Å². The molecule has 0 aliphatic carbocycles. The standard InChI is InChI=1S/C40H42N2O5S2/c1-44-34-10-8-9-31(26-34)28-42(23-24-48-35-11-6-5-7-12-35)27-30-15-20-36(21-16-30)49-41-40(43)32-17-13-29(14-18-32)25-33-19-22-37(45-2)39(47-4)38(33)46-3/h5-22,26H,23-25,27-28H2,1-4H3,(H,41,43). The fraction of sp³-hybridized carbons (Fsp3) is 0.225. The summed E-state index contributed by atoms with van der Waals surface area (Å²) in [5.41, 5.74) is 5.03. The van der Waals surface area contributed by atoms with E-state index >= 15 is 0 Å². The van der Waals surface area contributed by atoms with Crippen LogP contribution in [0.5, 0.6) is 23.0 Å². The molecule has 0 atom stereocenters. The maximum Gasteiger partial charge on any atom is 0.261 e. The number of ether oxygens (including phenoxy) is 4. The molecule has 1 amide bonds. The fourth-order valence-corrected chi connectivity index (χ4v) is 6.97. The van der Waals surface area contributed by atoms with Crippen LogP contribution in [0.4, 0.5) is 0 Å². The van der Waals surface area contributed by atoms with Gasteiger partial charge in [-0.15, -0.1) is 11.8 Å². The zero-order valence-corrected chi connectivity index (χ0v) is 29.9. The Morgan fingerprint density at radius 3 is 2.06 bits per heavy atom. The molecule has 0 spiro atoms. The monoisotopic (exact) mass is 694 g/mol. The van der Waals surface area contributed by atoms with Gasteiger partial charge in [0.15, 0.2) is 11.5 Å². The minimum Gasteiger partial charge on any atom is -0.497 e. The Labute approximate surface area is 298 Å². The number of amides is 1. The Morgan fingerprint density at radius 1 is 0.653 bits per heavy atom. The fourth-order valence-electron chi connectivity index (χ4n) is 5.43. The lowest BCUT2D eigenvalue weighted by Gasteiger charge is -2.23. The molecular weight excluding hydrogens is 653 g/mol. The molecule has 0 aliphatic rings. The highest BCUT2D eigenvalue weighted by atomic mass is 32.2. The molecule has 254 valence electrons. The Kier molecular flexibility index (Phi) is 13.3. The van der Waals surface area contributed by atoms with E-state index in [4.69, 9.17) is 18.9 Å². The van der Waals surface area contributed by atoms with Crippen molar-refractivity contribution in [3.8, 4) is 23.0 Å². The van der Waals surface area contributed by atoms with Crippen molar-refractivity contribution in [3.05, 3.63) is 143 Å². The molecule has 0 unspecified atom stereocenters. The number of carbonyl (C=O) groups is 1. The van der Waals surface area contributed by atoms with Gasteiger partial charge in [-0.05, 0) is 83.2 Å². The van der Waals surface area contributed by atoms with Crippen molar-refractivity contribution >= 4 is 29.6 Å². The van der Waals surface area contributed by atoms with Crippen molar-refractivity contribution in [2.45, 2.75) is 29.3 Å². The molecule has 0 bridgehead atoms. The third-order valence-corrected chi connectivity index (χ3v) is 9.73. The summed E-state index contributed by atoms with van der Waals surface area (Å²) in [6.07, 6.45) is 0.620. The van der Waals surface area contributed by atoms with E-state index in [0.29, 0.717) is 29.2 Å². The van der Waals surface area contributed by atoms with E-state index in [0.717, 1.165) is 47.2 Å². The first kappa shape index (κ1) is 35.7. The molecule has 5 aromatic rings. The predicted molar refractivity (Wildman–Crippen MR) is 199 cm³/mol. The number of nitrogens with zero attached hydrogens (tertiary/aromatic N) is 1. The van der Waals surface area contributed by atoms with Gasteiger partial charge in [0.1, 0.15) is 5.75 Å². The van der Waals surface area contributed by atoms with E-state index in [1.807, 2.05) is 66.4 Å². The molecule has 0 saturated carbocycles. The first-order chi connectivity index (χ1) is 24.0. The highest BCUT2D eigenvalue weighted by Gasteiger charge is 2.16. The lowest BCUT2D eigenvalue weighted by atomic mass is 10.0. The van der Waals surface area contributed by atoms with E-state index in [-0.39, 0.29) is 5.91 Å². The first-order valence-corrected chi connectivity index (χ1v) is 17.8.